The van der Waals surface area contributed by atoms with Crippen LogP contribution in [0.4, 0.5) is 0 Å². The van der Waals surface area contributed by atoms with Gasteiger partial charge in [0.15, 0.2) is 0 Å². The second-order valence-corrected chi connectivity index (χ2v) is 9.58. The maximum atomic E-state index is 13.7. The molecule has 2 amide bonds. The minimum atomic E-state index is -0.596. The lowest BCUT2D eigenvalue weighted by molar-refractivity contribution is -0.140. The summed E-state index contributed by atoms with van der Waals surface area (Å²) in [5.41, 5.74) is 4.11. The summed E-state index contributed by atoms with van der Waals surface area (Å²) in [5, 5.41) is 3.07. The molecule has 0 aliphatic rings. The van der Waals surface area contributed by atoms with Gasteiger partial charge in [-0.15, -0.1) is 0 Å². The molecule has 178 valence electrons. The predicted octanol–water partition coefficient (Wildman–Crippen LogP) is 5.86. The minimum Gasteiger partial charge on any atom is -0.354 e. The third kappa shape index (κ3) is 7.84. The first kappa shape index (κ1) is 25.7. The Hall–Kier alpha value is -2.92. The number of amides is 2. The van der Waals surface area contributed by atoms with Gasteiger partial charge < -0.3 is 10.2 Å². The van der Waals surface area contributed by atoms with E-state index in [2.05, 4.69) is 28.2 Å². The zero-order chi connectivity index (χ0) is 24.3. The standard InChI is InChI=1S/C29H33BrN2O2/c1-3-4-18-31-29(34)27(19-23-8-6-5-7-9-23)32(21-25-14-16-26(30)17-15-25)28(33)20-24-12-10-22(2)11-13-24/h5-17,27H,3-4,18-21H2,1-2H3,(H,31,34)/t27-/m1/s1. The first-order chi connectivity index (χ1) is 16.5. The monoisotopic (exact) mass is 520 g/mol. The van der Waals surface area contributed by atoms with Gasteiger partial charge in [0.25, 0.3) is 0 Å². The summed E-state index contributed by atoms with van der Waals surface area (Å²) in [6.45, 7) is 5.11. The Morgan fingerprint density at radius 2 is 1.53 bits per heavy atom. The summed E-state index contributed by atoms with van der Waals surface area (Å²) in [7, 11) is 0. The Bertz CT molecular complexity index is 1050. The van der Waals surface area contributed by atoms with E-state index in [1.54, 1.807) is 4.90 Å². The molecular weight excluding hydrogens is 488 g/mol. The highest BCUT2D eigenvalue weighted by Gasteiger charge is 2.30. The molecule has 0 unspecified atom stereocenters. The van der Waals surface area contributed by atoms with Crippen molar-refractivity contribution in [3.8, 4) is 0 Å². The summed E-state index contributed by atoms with van der Waals surface area (Å²) in [6.07, 6.45) is 2.63. The Labute approximate surface area is 211 Å². The number of rotatable bonds is 11. The lowest BCUT2D eigenvalue weighted by Crippen LogP contribution is -2.51. The highest BCUT2D eigenvalue weighted by atomic mass is 79.9. The molecule has 0 aliphatic carbocycles. The number of hydrogen-bond donors (Lipinski definition) is 1. The first-order valence-electron chi connectivity index (χ1n) is 11.9. The van der Waals surface area contributed by atoms with Crippen molar-refractivity contribution in [1.29, 1.82) is 0 Å². The van der Waals surface area contributed by atoms with Gasteiger partial charge in [-0.1, -0.05) is 102 Å². The number of hydrogen-bond acceptors (Lipinski definition) is 2. The second-order valence-electron chi connectivity index (χ2n) is 8.66. The normalized spacial score (nSPS) is 11.6. The number of unbranched alkanes of at least 4 members (excludes halogenated alkanes) is 1. The molecule has 4 nitrogen and oxygen atoms in total. The lowest BCUT2D eigenvalue weighted by atomic mass is 10.0. The topological polar surface area (TPSA) is 49.4 Å². The maximum absolute atomic E-state index is 13.7. The van der Waals surface area contributed by atoms with Gasteiger partial charge in [0, 0.05) is 24.0 Å². The molecule has 0 bridgehead atoms. The third-order valence-corrected chi connectivity index (χ3v) is 6.37. The number of carbonyl (C=O) groups is 2. The molecule has 1 atom stereocenters. The van der Waals surface area contributed by atoms with Crippen LogP contribution in [0.15, 0.2) is 83.3 Å². The Morgan fingerprint density at radius 1 is 0.882 bits per heavy atom. The van der Waals surface area contributed by atoms with Gasteiger partial charge in [0.2, 0.25) is 11.8 Å². The van der Waals surface area contributed by atoms with Crippen LogP contribution in [0.25, 0.3) is 0 Å². The number of aryl methyl sites for hydroxylation is 1. The van der Waals surface area contributed by atoms with E-state index >= 15 is 0 Å². The van der Waals surface area contributed by atoms with E-state index in [0.29, 0.717) is 19.5 Å². The number of nitrogens with zero attached hydrogens (tertiary/aromatic N) is 1. The summed E-state index contributed by atoms with van der Waals surface area (Å²) >= 11 is 3.48. The number of benzene rings is 3. The predicted molar refractivity (Wildman–Crippen MR) is 141 cm³/mol. The Balaban J connectivity index is 1.92. The third-order valence-electron chi connectivity index (χ3n) is 5.84. The zero-order valence-corrected chi connectivity index (χ0v) is 21.6. The first-order valence-corrected chi connectivity index (χ1v) is 12.7. The minimum absolute atomic E-state index is 0.0571. The van der Waals surface area contributed by atoms with E-state index in [1.807, 2.05) is 85.8 Å². The number of carbonyl (C=O) groups excluding carboxylic acids is 2. The van der Waals surface area contributed by atoms with Gasteiger partial charge in [-0.3, -0.25) is 9.59 Å². The quantitative estimate of drug-likeness (QED) is 0.322. The van der Waals surface area contributed by atoms with Crippen molar-refractivity contribution < 1.29 is 9.59 Å². The van der Waals surface area contributed by atoms with Crippen molar-refractivity contribution in [1.82, 2.24) is 10.2 Å². The van der Waals surface area contributed by atoms with E-state index in [0.717, 1.165) is 39.6 Å². The van der Waals surface area contributed by atoms with E-state index < -0.39 is 6.04 Å². The number of nitrogens with one attached hydrogen (secondary N) is 1. The summed E-state index contributed by atoms with van der Waals surface area (Å²) in [6, 6.07) is 25.2. The average Bonchev–Trinajstić information content (AvgIpc) is 2.84. The average molecular weight is 521 g/mol. The molecule has 0 fully saturated rings. The zero-order valence-electron chi connectivity index (χ0n) is 20.0. The fraction of sp³-hybridized carbons (Fsp3) is 0.310. The number of halogens is 1. The molecule has 34 heavy (non-hydrogen) atoms. The SMILES string of the molecule is CCCCNC(=O)[C@@H](Cc1ccccc1)N(Cc1ccc(Br)cc1)C(=O)Cc1ccc(C)cc1. The lowest BCUT2D eigenvalue weighted by Gasteiger charge is -2.32. The van der Waals surface area contributed by atoms with Crippen molar-refractivity contribution in [2.75, 3.05) is 6.54 Å². The van der Waals surface area contributed by atoms with E-state index in [4.69, 9.17) is 0 Å². The van der Waals surface area contributed by atoms with Crippen LogP contribution in [0.5, 0.6) is 0 Å². The van der Waals surface area contributed by atoms with E-state index in [1.165, 1.54) is 0 Å². The van der Waals surface area contributed by atoms with Crippen LogP contribution in [0.3, 0.4) is 0 Å². The van der Waals surface area contributed by atoms with Crippen LogP contribution in [0.2, 0.25) is 0 Å². The largest absolute Gasteiger partial charge is 0.354 e. The van der Waals surface area contributed by atoms with Gasteiger partial charge in [0.05, 0.1) is 6.42 Å². The van der Waals surface area contributed by atoms with Crippen molar-refractivity contribution in [2.24, 2.45) is 0 Å². The van der Waals surface area contributed by atoms with Crippen LogP contribution in [-0.2, 0) is 29.0 Å². The molecule has 3 rings (SSSR count). The van der Waals surface area contributed by atoms with Gasteiger partial charge in [-0.05, 0) is 42.2 Å². The Morgan fingerprint density at radius 3 is 2.18 bits per heavy atom. The van der Waals surface area contributed by atoms with Crippen LogP contribution in [-0.4, -0.2) is 29.3 Å². The van der Waals surface area contributed by atoms with Crippen LogP contribution >= 0.6 is 15.9 Å². The molecule has 0 saturated heterocycles. The highest BCUT2D eigenvalue weighted by molar-refractivity contribution is 9.10. The van der Waals surface area contributed by atoms with Crippen LogP contribution in [0, 0.1) is 6.92 Å². The molecule has 0 aliphatic heterocycles. The highest BCUT2D eigenvalue weighted by Crippen LogP contribution is 2.18. The van der Waals surface area contributed by atoms with E-state index in [9.17, 15) is 9.59 Å². The van der Waals surface area contributed by atoms with Crippen LogP contribution < -0.4 is 5.32 Å². The smallest absolute Gasteiger partial charge is 0.243 e. The van der Waals surface area contributed by atoms with Crippen molar-refractivity contribution in [3.05, 3.63) is 106 Å². The van der Waals surface area contributed by atoms with Crippen LogP contribution in [0.1, 0.15) is 42.0 Å². The Kier molecular flexibility index (Phi) is 9.89. The summed E-state index contributed by atoms with van der Waals surface area (Å²) in [5.74, 6) is -0.162. The van der Waals surface area contributed by atoms with Gasteiger partial charge in [0.1, 0.15) is 6.04 Å². The molecule has 5 heteroatoms. The molecule has 0 radical (unpaired) electrons. The summed E-state index contributed by atoms with van der Waals surface area (Å²) in [4.78, 5) is 28.8. The second kappa shape index (κ2) is 13.1. The van der Waals surface area contributed by atoms with Crippen molar-refractivity contribution in [3.63, 3.8) is 0 Å². The fourth-order valence-electron chi connectivity index (χ4n) is 3.83. The molecule has 0 saturated carbocycles. The summed E-state index contributed by atoms with van der Waals surface area (Å²) < 4.78 is 0.979. The van der Waals surface area contributed by atoms with Gasteiger partial charge in [-0.25, -0.2) is 0 Å². The molecule has 0 aromatic heterocycles. The van der Waals surface area contributed by atoms with E-state index in [-0.39, 0.29) is 18.2 Å². The molecule has 1 N–H and O–H groups in total. The van der Waals surface area contributed by atoms with Crippen molar-refractivity contribution in [2.45, 2.75) is 52.1 Å². The fourth-order valence-corrected chi connectivity index (χ4v) is 4.09. The van der Waals surface area contributed by atoms with Gasteiger partial charge in [-0.2, -0.15) is 0 Å². The molecule has 0 heterocycles. The maximum Gasteiger partial charge on any atom is 0.243 e. The molecule has 3 aromatic rings. The molecule has 0 spiro atoms. The van der Waals surface area contributed by atoms with Crippen molar-refractivity contribution >= 4 is 27.7 Å². The molecule has 3 aromatic carbocycles. The molecular formula is C29H33BrN2O2. The van der Waals surface area contributed by atoms with Gasteiger partial charge >= 0.3 is 0 Å².